The lowest BCUT2D eigenvalue weighted by Crippen LogP contribution is -2.13. The molecule has 0 fully saturated rings. The van der Waals surface area contributed by atoms with E-state index in [1.807, 2.05) is 19.1 Å². The van der Waals surface area contributed by atoms with Crippen molar-refractivity contribution in [3.05, 3.63) is 82.6 Å². The van der Waals surface area contributed by atoms with Crippen LogP contribution in [0.25, 0.3) is 22.2 Å². The summed E-state index contributed by atoms with van der Waals surface area (Å²) in [5, 5.41) is 1.01. The Morgan fingerprint density at radius 2 is 1.91 bits per heavy atom. The Hall–Kier alpha value is -3.10. The highest BCUT2D eigenvalue weighted by atomic mass is 35.5. The van der Waals surface area contributed by atoms with Crippen molar-refractivity contribution in [2.24, 2.45) is 0 Å². The zero-order chi connectivity index (χ0) is 22.8. The van der Waals surface area contributed by atoms with Gasteiger partial charge in [0.1, 0.15) is 22.5 Å². The molecule has 2 aromatic carbocycles. The Kier molecular flexibility index (Phi) is 6.34. The first-order valence-corrected chi connectivity index (χ1v) is 11.5. The molecule has 4 rings (SSSR count). The lowest BCUT2D eigenvalue weighted by atomic mass is 10.00. The molecule has 0 amide bonds. The number of nitrogens with one attached hydrogen (secondary N) is 2. The van der Waals surface area contributed by atoms with E-state index in [0.29, 0.717) is 33.8 Å². The summed E-state index contributed by atoms with van der Waals surface area (Å²) in [6.45, 7) is 1.83. The average Bonchev–Trinajstić information content (AvgIpc) is 3.20. The molecular formula is C23H18ClF2N3O2S. The number of nitrogens with zero attached hydrogens (tertiary/aromatic N) is 1. The topological polar surface area (TPSA) is 74.8 Å². The predicted molar refractivity (Wildman–Crippen MR) is 123 cm³/mol. The molecule has 9 heteroatoms. The first-order valence-electron chi connectivity index (χ1n) is 9.79. The first kappa shape index (κ1) is 22.1. The van der Waals surface area contributed by atoms with Gasteiger partial charge in [-0.05, 0) is 42.3 Å². The van der Waals surface area contributed by atoms with E-state index in [4.69, 9.17) is 11.6 Å². The van der Waals surface area contributed by atoms with Crippen LogP contribution in [0.2, 0.25) is 5.02 Å². The summed E-state index contributed by atoms with van der Waals surface area (Å²) in [6, 6.07) is 10.9. The highest BCUT2D eigenvalue weighted by Gasteiger charge is 2.25. The van der Waals surface area contributed by atoms with Crippen LogP contribution in [0.3, 0.4) is 0 Å². The molecule has 0 radical (unpaired) electrons. The maximum absolute atomic E-state index is 15.1. The van der Waals surface area contributed by atoms with Gasteiger partial charge in [0.05, 0.1) is 11.3 Å². The van der Waals surface area contributed by atoms with Crippen LogP contribution in [0.5, 0.6) is 0 Å². The number of fused-ring (bicyclic) bond motifs is 1. The number of carbonyl (C=O) groups excluding carboxylic acids is 1. The second-order valence-electron chi connectivity index (χ2n) is 7.09. The molecule has 0 aliphatic heterocycles. The number of ketones is 1. The summed E-state index contributed by atoms with van der Waals surface area (Å²) < 4.78 is 44.1. The lowest BCUT2D eigenvalue weighted by molar-refractivity contribution is 0.103. The minimum absolute atomic E-state index is 0.0768. The van der Waals surface area contributed by atoms with Crippen LogP contribution < -0.4 is 4.72 Å². The number of rotatable bonds is 7. The molecule has 0 bridgehead atoms. The van der Waals surface area contributed by atoms with Crippen LogP contribution in [0, 0.1) is 11.6 Å². The van der Waals surface area contributed by atoms with Crippen molar-refractivity contribution in [3.8, 4) is 11.1 Å². The third-order valence-electron chi connectivity index (χ3n) is 4.88. The molecule has 164 valence electrons. The molecule has 5 nitrogen and oxygen atoms in total. The minimum atomic E-state index is -1.54. The van der Waals surface area contributed by atoms with Crippen molar-refractivity contribution < 1.29 is 17.8 Å². The summed E-state index contributed by atoms with van der Waals surface area (Å²) in [7, 11) is -1.54. The number of benzene rings is 2. The van der Waals surface area contributed by atoms with Gasteiger partial charge < -0.3 is 9.71 Å². The number of aromatic nitrogens is 2. The quantitative estimate of drug-likeness (QED) is 0.329. The fourth-order valence-corrected chi connectivity index (χ4v) is 4.33. The van der Waals surface area contributed by atoms with Gasteiger partial charge in [-0.2, -0.15) is 0 Å². The number of H-pyrrole nitrogens is 1. The number of hydrogen-bond acceptors (Lipinski definition) is 3. The van der Waals surface area contributed by atoms with Crippen molar-refractivity contribution in [1.29, 1.82) is 0 Å². The fraction of sp³-hybridized carbons (Fsp3) is 0.130. The summed E-state index contributed by atoms with van der Waals surface area (Å²) >= 11 is 5.94. The lowest BCUT2D eigenvalue weighted by Gasteiger charge is -2.10. The van der Waals surface area contributed by atoms with E-state index in [1.165, 1.54) is 6.20 Å². The minimum Gasteiger partial charge on any atom is -0.345 e. The number of hydrogen-bond donors (Lipinski definition) is 2. The highest BCUT2D eigenvalue weighted by Crippen LogP contribution is 2.29. The first-order chi connectivity index (χ1) is 15.4. The summed E-state index contributed by atoms with van der Waals surface area (Å²) in [5.74, 6) is -2.64. The molecule has 32 heavy (non-hydrogen) atoms. The largest absolute Gasteiger partial charge is 0.345 e. The van der Waals surface area contributed by atoms with Crippen molar-refractivity contribution in [3.63, 3.8) is 0 Å². The maximum atomic E-state index is 15.1. The van der Waals surface area contributed by atoms with Gasteiger partial charge >= 0.3 is 0 Å². The van der Waals surface area contributed by atoms with Gasteiger partial charge in [-0.25, -0.2) is 18.0 Å². The Labute approximate surface area is 190 Å². The van der Waals surface area contributed by atoms with E-state index >= 15 is 4.39 Å². The monoisotopic (exact) mass is 473 g/mol. The summed E-state index contributed by atoms with van der Waals surface area (Å²) in [5.41, 5.74) is 1.11. The van der Waals surface area contributed by atoms with Gasteiger partial charge in [0.15, 0.2) is 5.82 Å². The van der Waals surface area contributed by atoms with Crippen LogP contribution in [-0.2, 0) is 11.0 Å². The number of aromatic amines is 1. The van der Waals surface area contributed by atoms with Gasteiger partial charge in [-0.1, -0.05) is 30.7 Å². The van der Waals surface area contributed by atoms with Crippen LogP contribution in [0.15, 0.2) is 54.9 Å². The molecule has 2 N–H and O–H groups in total. The van der Waals surface area contributed by atoms with Crippen molar-refractivity contribution >= 4 is 45.1 Å². The normalized spacial score (nSPS) is 12.1. The van der Waals surface area contributed by atoms with Crippen LogP contribution in [-0.4, -0.2) is 25.7 Å². The predicted octanol–water partition coefficient (Wildman–Crippen LogP) is 5.88. The van der Waals surface area contributed by atoms with E-state index in [9.17, 15) is 13.4 Å². The Morgan fingerprint density at radius 3 is 2.62 bits per heavy atom. The summed E-state index contributed by atoms with van der Waals surface area (Å²) in [6.07, 6.45) is 3.62. The smallest absolute Gasteiger partial charge is 0.201 e. The second-order valence-corrected chi connectivity index (χ2v) is 8.83. The second kappa shape index (κ2) is 9.18. The number of halogens is 3. The molecule has 1 atom stereocenters. The summed E-state index contributed by atoms with van der Waals surface area (Å²) in [4.78, 5) is 20.4. The van der Waals surface area contributed by atoms with Crippen LogP contribution >= 0.6 is 11.6 Å². The fourth-order valence-electron chi connectivity index (χ4n) is 3.32. The van der Waals surface area contributed by atoms with Crippen LogP contribution in [0.1, 0.15) is 29.3 Å². The molecule has 2 heterocycles. The van der Waals surface area contributed by atoms with Crippen LogP contribution in [0.4, 0.5) is 14.5 Å². The molecule has 2 aromatic heterocycles. The highest BCUT2D eigenvalue weighted by molar-refractivity contribution is 7.86. The van der Waals surface area contributed by atoms with E-state index in [2.05, 4.69) is 14.7 Å². The Bertz CT molecular complexity index is 1340. The Morgan fingerprint density at radius 1 is 1.16 bits per heavy atom. The van der Waals surface area contributed by atoms with E-state index in [-0.39, 0.29) is 11.3 Å². The molecular weight excluding hydrogens is 456 g/mol. The van der Waals surface area contributed by atoms with Gasteiger partial charge in [0.25, 0.3) is 0 Å². The van der Waals surface area contributed by atoms with Crippen molar-refractivity contribution in [1.82, 2.24) is 9.97 Å². The molecule has 4 aromatic rings. The zero-order valence-corrected chi connectivity index (χ0v) is 18.5. The SMILES string of the molecule is CCCS(=O)Nc1ccc(F)c(C(=O)c2c[nH]c3ncc(-c4ccc(Cl)cc4)cc23)c1F. The maximum Gasteiger partial charge on any atom is 0.201 e. The third kappa shape index (κ3) is 4.28. The number of carbonyl (C=O) groups is 1. The van der Waals surface area contributed by atoms with E-state index in [0.717, 1.165) is 17.7 Å². The third-order valence-corrected chi connectivity index (χ3v) is 6.36. The molecule has 0 saturated carbocycles. The van der Waals surface area contributed by atoms with Gasteiger partial charge in [0.2, 0.25) is 5.78 Å². The molecule has 0 saturated heterocycles. The average molecular weight is 474 g/mol. The zero-order valence-electron chi connectivity index (χ0n) is 16.9. The molecule has 0 spiro atoms. The van der Waals surface area contributed by atoms with Gasteiger partial charge in [-0.3, -0.25) is 4.79 Å². The standard InChI is InChI=1S/C23H18ClF2N3O2S/c1-2-9-32(31)29-19-8-7-18(25)20(21(19)26)22(30)17-12-28-23-16(17)10-14(11-27-23)13-3-5-15(24)6-4-13/h3-8,10-12,29H,2,9H2,1H3,(H,27,28). The van der Waals surface area contributed by atoms with Crippen molar-refractivity contribution in [2.45, 2.75) is 13.3 Å². The Balaban J connectivity index is 1.76. The number of pyridine rings is 1. The van der Waals surface area contributed by atoms with E-state index < -0.39 is 34.0 Å². The van der Waals surface area contributed by atoms with Gasteiger partial charge in [-0.15, -0.1) is 0 Å². The molecule has 1 unspecified atom stereocenters. The number of anilines is 1. The molecule has 0 aliphatic carbocycles. The molecule has 0 aliphatic rings. The van der Waals surface area contributed by atoms with E-state index in [1.54, 1.807) is 24.4 Å². The van der Waals surface area contributed by atoms with Crippen molar-refractivity contribution in [2.75, 3.05) is 10.5 Å². The van der Waals surface area contributed by atoms with Gasteiger partial charge in [0, 0.05) is 39.7 Å².